The molecule has 27 heavy (non-hydrogen) atoms. The number of anilines is 2. The smallest absolute Gasteiger partial charge is 0.273 e. The molecule has 0 unspecified atom stereocenters. The second-order valence-electron chi connectivity index (χ2n) is 7.50. The van der Waals surface area contributed by atoms with Gasteiger partial charge in [-0.1, -0.05) is 6.92 Å². The average molecular weight is 374 g/mol. The largest absolute Gasteiger partial charge is 0.378 e. The molecule has 1 aromatic rings. The molecule has 4 heterocycles. The maximum atomic E-state index is 12.8. The van der Waals surface area contributed by atoms with Crippen LogP contribution in [0, 0.1) is 0 Å². The van der Waals surface area contributed by atoms with Gasteiger partial charge in [0.1, 0.15) is 11.5 Å². The first-order valence-electron chi connectivity index (χ1n) is 10.3. The second kappa shape index (κ2) is 8.39. The highest BCUT2D eigenvalue weighted by Gasteiger charge is 2.33. The first-order chi connectivity index (χ1) is 13.3. The SMILES string of the molecule is CCCN1Cc2c(NCCN3CCCC3)nc(N3CCOCC3)nc2C1=O. The van der Waals surface area contributed by atoms with Gasteiger partial charge in [-0.3, -0.25) is 4.79 Å². The Kier molecular flexibility index (Phi) is 5.73. The van der Waals surface area contributed by atoms with Gasteiger partial charge in [0.15, 0.2) is 0 Å². The standard InChI is InChI=1S/C19H30N6O2/c1-2-6-25-14-15-16(18(25)26)21-19(24-10-12-27-13-11-24)22-17(15)20-5-9-23-7-3-4-8-23/h2-14H2,1H3,(H,20,21,22). The summed E-state index contributed by atoms with van der Waals surface area (Å²) in [6, 6.07) is 0. The van der Waals surface area contributed by atoms with E-state index in [1.54, 1.807) is 0 Å². The zero-order chi connectivity index (χ0) is 18.6. The van der Waals surface area contributed by atoms with E-state index in [9.17, 15) is 4.79 Å². The molecule has 148 valence electrons. The summed E-state index contributed by atoms with van der Waals surface area (Å²) in [7, 11) is 0. The van der Waals surface area contributed by atoms with Crippen LogP contribution in [-0.4, -0.2) is 84.7 Å². The molecule has 1 aromatic heterocycles. The lowest BCUT2D eigenvalue weighted by Crippen LogP contribution is -2.37. The maximum Gasteiger partial charge on any atom is 0.273 e. The first kappa shape index (κ1) is 18.4. The predicted molar refractivity (Wildman–Crippen MR) is 104 cm³/mol. The molecule has 8 heteroatoms. The van der Waals surface area contributed by atoms with Crippen LogP contribution < -0.4 is 10.2 Å². The van der Waals surface area contributed by atoms with E-state index in [0.717, 1.165) is 50.5 Å². The van der Waals surface area contributed by atoms with Gasteiger partial charge in [-0.2, -0.15) is 4.98 Å². The molecular weight excluding hydrogens is 344 g/mol. The fraction of sp³-hybridized carbons (Fsp3) is 0.737. The molecule has 3 aliphatic rings. The molecule has 1 N–H and O–H groups in total. The highest BCUT2D eigenvalue weighted by molar-refractivity contribution is 5.98. The van der Waals surface area contributed by atoms with Crippen LogP contribution in [0.3, 0.4) is 0 Å². The van der Waals surface area contributed by atoms with Gasteiger partial charge in [0.05, 0.1) is 19.8 Å². The molecule has 2 fully saturated rings. The number of carbonyl (C=O) groups is 1. The summed E-state index contributed by atoms with van der Waals surface area (Å²) in [5.74, 6) is 1.51. The summed E-state index contributed by atoms with van der Waals surface area (Å²) >= 11 is 0. The second-order valence-corrected chi connectivity index (χ2v) is 7.50. The molecule has 1 amide bonds. The lowest BCUT2D eigenvalue weighted by atomic mass is 10.2. The van der Waals surface area contributed by atoms with Gasteiger partial charge in [0.25, 0.3) is 5.91 Å². The van der Waals surface area contributed by atoms with Gasteiger partial charge < -0.3 is 24.8 Å². The van der Waals surface area contributed by atoms with Crippen molar-refractivity contribution in [3.05, 3.63) is 11.3 Å². The number of rotatable bonds is 7. The number of carbonyl (C=O) groups excluding carboxylic acids is 1. The van der Waals surface area contributed by atoms with Crippen LogP contribution in [0.25, 0.3) is 0 Å². The molecule has 0 saturated carbocycles. The molecule has 0 bridgehead atoms. The van der Waals surface area contributed by atoms with Crippen molar-refractivity contribution >= 4 is 17.7 Å². The molecular formula is C19H30N6O2. The Morgan fingerprint density at radius 2 is 1.85 bits per heavy atom. The summed E-state index contributed by atoms with van der Waals surface area (Å²) in [6.07, 6.45) is 3.54. The van der Waals surface area contributed by atoms with E-state index in [-0.39, 0.29) is 5.91 Å². The molecule has 0 aliphatic carbocycles. The minimum Gasteiger partial charge on any atom is -0.378 e. The Morgan fingerprint density at radius 3 is 2.59 bits per heavy atom. The van der Waals surface area contributed by atoms with Crippen LogP contribution in [0.2, 0.25) is 0 Å². The fourth-order valence-corrected chi connectivity index (χ4v) is 4.05. The lowest BCUT2D eigenvalue weighted by Gasteiger charge is -2.27. The van der Waals surface area contributed by atoms with Crippen LogP contribution >= 0.6 is 0 Å². The number of amides is 1. The number of ether oxygens (including phenoxy) is 1. The number of nitrogens with one attached hydrogen (secondary N) is 1. The van der Waals surface area contributed by atoms with E-state index in [1.807, 2.05) is 4.90 Å². The highest BCUT2D eigenvalue weighted by atomic mass is 16.5. The summed E-state index contributed by atoms with van der Waals surface area (Å²) in [6.45, 7) is 10.6. The Balaban J connectivity index is 1.54. The van der Waals surface area contributed by atoms with Crippen LogP contribution in [0.5, 0.6) is 0 Å². The van der Waals surface area contributed by atoms with Gasteiger partial charge in [0, 0.05) is 38.3 Å². The number of fused-ring (bicyclic) bond motifs is 1. The molecule has 3 aliphatic heterocycles. The van der Waals surface area contributed by atoms with E-state index >= 15 is 0 Å². The molecule has 0 atom stereocenters. The van der Waals surface area contributed by atoms with Crippen molar-refractivity contribution in [2.75, 3.05) is 69.2 Å². The number of morpholine rings is 1. The molecule has 8 nitrogen and oxygen atoms in total. The van der Waals surface area contributed by atoms with Crippen molar-refractivity contribution in [3.63, 3.8) is 0 Å². The van der Waals surface area contributed by atoms with E-state index in [2.05, 4.69) is 27.0 Å². The lowest BCUT2D eigenvalue weighted by molar-refractivity contribution is 0.0774. The topological polar surface area (TPSA) is 73.8 Å². The molecule has 2 saturated heterocycles. The highest BCUT2D eigenvalue weighted by Crippen LogP contribution is 2.29. The number of hydrogen-bond donors (Lipinski definition) is 1. The Hall–Kier alpha value is -1.93. The predicted octanol–water partition coefficient (Wildman–Crippen LogP) is 1.19. The van der Waals surface area contributed by atoms with Crippen molar-refractivity contribution in [2.24, 2.45) is 0 Å². The van der Waals surface area contributed by atoms with Gasteiger partial charge in [-0.25, -0.2) is 4.98 Å². The van der Waals surface area contributed by atoms with E-state index < -0.39 is 0 Å². The summed E-state index contributed by atoms with van der Waals surface area (Å²) in [4.78, 5) is 28.8. The van der Waals surface area contributed by atoms with E-state index in [0.29, 0.717) is 31.4 Å². The van der Waals surface area contributed by atoms with Gasteiger partial charge in [-0.05, 0) is 32.4 Å². The maximum absolute atomic E-state index is 12.8. The summed E-state index contributed by atoms with van der Waals surface area (Å²) < 4.78 is 5.44. The fourth-order valence-electron chi connectivity index (χ4n) is 4.05. The summed E-state index contributed by atoms with van der Waals surface area (Å²) in [5.41, 5.74) is 1.52. The minimum atomic E-state index is 0.0337. The third-order valence-corrected chi connectivity index (χ3v) is 5.54. The third-order valence-electron chi connectivity index (χ3n) is 5.54. The number of aromatic nitrogens is 2. The molecule has 0 spiro atoms. The average Bonchev–Trinajstić information content (AvgIpc) is 3.32. The normalized spacial score (nSPS) is 20.4. The third kappa shape index (κ3) is 4.01. The van der Waals surface area contributed by atoms with Crippen LogP contribution in [0.1, 0.15) is 42.2 Å². The minimum absolute atomic E-state index is 0.0337. The van der Waals surface area contributed by atoms with Crippen molar-refractivity contribution in [1.29, 1.82) is 0 Å². The van der Waals surface area contributed by atoms with Gasteiger partial charge in [-0.15, -0.1) is 0 Å². The Labute approximate surface area is 160 Å². The quantitative estimate of drug-likeness (QED) is 0.768. The zero-order valence-electron chi connectivity index (χ0n) is 16.2. The van der Waals surface area contributed by atoms with Crippen molar-refractivity contribution in [1.82, 2.24) is 19.8 Å². The van der Waals surface area contributed by atoms with Crippen LogP contribution in [0.4, 0.5) is 11.8 Å². The van der Waals surface area contributed by atoms with E-state index in [4.69, 9.17) is 9.72 Å². The summed E-state index contributed by atoms with van der Waals surface area (Å²) in [5, 5.41) is 3.51. The molecule has 0 aromatic carbocycles. The first-order valence-corrected chi connectivity index (χ1v) is 10.3. The number of likely N-dealkylation sites (tertiary alicyclic amines) is 1. The van der Waals surface area contributed by atoms with Gasteiger partial charge >= 0.3 is 0 Å². The molecule has 4 rings (SSSR count). The Morgan fingerprint density at radius 1 is 1.07 bits per heavy atom. The van der Waals surface area contributed by atoms with Crippen molar-refractivity contribution in [3.8, 4) is 0 Å². The van der Waals surface area contributed by atoms with Crippen LogP contribution in [-0.2, 0) is 11.3 Å². The van der Waals surface area contributed by atoms with E-state index in [1.165, 1.54) is 25.9 Å². The van der Waals surface area contributed by atoms with Crippen LogP contribution in [0.15, 0.2) is 0 Å². The Bertz CT molecular complexity index is 670. The van der Waals surface area contributed by atoms with Crippen molar-refractivity contribution in [2.45, 2.75) is 32.7 Å². The molecule has 0 radical (unpaired) electrons. The number of nitrogens with zero attached hydrogens (tertiary/aromatic N) is 5. The van der Waals surface area contributed by atoms with Crippen molar-refractivity contribution < 1.29 is 9.53 Å². The number of hydrogen-bond acceptors (Lipinski definition) is 7. The zero-order valence-corrected chi connectivity index (χ0v) is 16.2. The monoisotopic (exact) mass is 374 g/mol. The van der Waals surface area contributed by atoms with Gasteiger partial charge in [0.2, 0.25) is 5.95 Å².